The van der Waals surface area contributed by atoms with Crippen molar-refractivity contribution in [2.24, 2.45) is 0 Å². The molecule has 0 atom stereocenters. The predicted molar refractivity (Wildman–Crippen MR) is 79.7 cm³/mol. The number of halogens is 1. The zero-order valence-electron chi connectivity index (χ0n) is 12.1. The van der Waals surface area contributed by atoms with E-state index >= 15 is 0 Å². The lowest BCUT2D eigenvalue weighted by molar-refractivity contribution is -0.143. The van der Waals surface area contributed by atoms with Crippen LogP contribution in [0.3, 0.4) is 0 Å². The van der Waals surface area contributed by atoms with Crippen molar-refractivity contribution in [3.63, 3.8) is 0 Å². The minimum atomic E-state index is -0.648. The number of aryl methyl sites for hydroxylation is 1. The lowest BCUT2D eigenvalue weighted by atomic mass is 10.1. The Balaban J connectivity index is 1.81. The van der Waals surface area contributed by atoms with E-state index in [0.717, 1.165) is 11.1 Å². The Labute approximate surface area is 127 Å². The van der Waals surface area contributed by atoms with Gasteiger partial charge in [0.05, 0.1) is 5.56 Å². The van der Waals surface area contributed by atoms with Gasteiger partial charge in [-0.25, -0.2) is 4.39 Å². The first kappa shape index (κ1) is 15.7. The van der Waals surface area contributed by atoms with Gasteiger partial charge in [-0.05, 0) is 24.6 Å². The van der Waals surface area contributed by atoms with E-state index in [9.17, 15) is 14.0 Å². The summed E-state index contributed by atoms with van der Waals surface area (Å²) >= 11 is 0. The molecule has 0 aliphatic heterocycles. The molecule has 0 bridgehead atoms. The summed E-state index contributed by atoms with van der Waals surface area (Å²) in [4.78, 5) is 23.3. The Morgan fingerprint density at radius 2 is 1.91 bits per heavy atom. The van der Waals surface area contributed by atoms with Crippen LogP contribution in [0.25, 0.3) is 0 Å². The van der Waals surface area contributed by atoms with Gasteiger partial charge >= 0.3 is 5.97 Å². The second-order valence-electron chi connectivity index (χ2n) is 4.81. The van der Waals surface area contributed by atoms with Crippen molar-refractivity contribution in [2.45, 2.75) is 13.5 Å². The van der Waals surface area contributed by atoms with Gasteiger partial charge in [0, 0.05) is 0 Å². The van der Waals surface area contributed by atoms with Crippen molar-refractivity contribution in [1.82, 2.24) is 5.32 Å². The lowest BCUT2D eigenvalue weighted by Gasteiger charge is -2.07. The molecule has 0 spiro atoms. The van der Waals surface area contributed by atoms with Crippen LogP contribution in [0.15, 0.2) is 48.5 Å². The van der Waals surface area contributed by atoms with Gasteiger partial charge in [0.1, 0.15) is 19.0 Å². The molecule has 22 heavy (non-hydrogen) atoms. The van der Waals surface area contributed by atoms with E-state index in [-0.39, 0.29) is 18.7 Å². The van der Waals surface area contributed by atoms with Crippen LogP contribution in [0.4, 0.5) is 4.39 Å². The van der Waals surface area contributed by atoms with Crippen LogP contribution in [-0.4, -0.2) is 18.4 Å². The van der Waals surface area contributed by atoms with Crippen molar-refractivity contribution >= 4 is 11.9 Å². The maximum Gasteiger partial charge on any atom is 0.325 e. The third-order valence-electron chi connectivity index (χ3n) is 2.99. The standard InChI is InChI=1S/C17H16FNO3/c1-12-5-4-6-13(9-12)11-22-16(20)10-19-17(21)14-7-2-3-8-15(14)18/h2-9H,10-11H2,1H3,(H,19,21). The molecule has 0 radical (unpaired) electrons. The molecule has 4 nitrogen and oxygen atoms in total. The number of rotatable bonds is 5. The normalized spacial score (nSPS) is 10.1. The van der Waals surface area contributed by atoms with Crippen molar-refractivity contribution in [2.75, 3.05) is 6.54 Å². The molecule has 1 N–H and O–H groups in total. The third-order valence-corrected chi connectivity index (χ3v) is 2.99. The molecule has 2 rings (SSSR count). The number of nitrogens with one attached hydrogen (secondary N) is 1. The summed E-state index contributed by atoms with van der Waals surface area (Å²) in [7, 11) is 0. The van der Waals surface area contributed by atoms with Crippen LogP contribution in [-0.2, 0) is 16.1 Å². The number of esters is 1. The van der Waals surface area contributed by atoms with Crippen molar-refractivity contribution in [3.8, 4) is 0 Å². The molecule has 114 valence electrons. The first-order chi connectivity index (χ1) is 10.6. The lowest BCUT2D eigenvalue weighted by Crippen LogP contribution is -2.31. The van der Waals surface area contributed by atoms with Gasteiger partial charge in [-0.15, -0.1) is 0 Å². The van der Waals surface area contributed by atoms with Gasteiger partial charge in [0.15, 0.2) is 0 Å². The number of amides is 1. The van der Waals surface area contributed by atoms with Gasteiger partial charge in [0.25, 0.3) is 5.91 Å². The second-order valence-corrected chi connectivity index (χ2v) is 4.81. The zero-order valence-corrected chi connectivity index (χ0v) is 12.1. The smallest absolute Gasteiger partial charge is 0.325 e. The van der Waals surface area contributed by atoms with E-state index in [1.807, 2.05) is 31.2 Å². The average Bonchev–Trinajstić information content (AvgIpc) is 2.51. The minimum absolute atomic E-state index is 0.103. The van der Waals surface area contributed by atoms with Crippen LogP contribution in [0.2, 0.25) is 0 Å². The van der Waals surface area contributed by atoms with E-state index < -0.39 is 17.7 Å². The van der Waals surface area contributed by atoms with Crippen LogP contribution in [0.1, 0.15) is 21.5 Å². The fourth-order valence-electron chi connectivity index (χ4n) is 1.91. The first-order valence-corrected chi connectivity index (χ1v) is 6.80. The summed E-state index contributed by atoms with van der Waals surface area (Å²) in [5.74, 6) is -1.86. The molecule has 1 amide bonds. The van der Waals surface area contributed by atoms with Gasteiger partial charge in [0.2, 0.25) is 0 Å². The summed E-state index contributed by atoms with van der Waals surface area (Å²) in [6.45, 7) is 1.77. The number of hydrogen-bond donors (Lipinski definition) is 1. The minimum Gasteiger partial charge on any atom is -0.460 e. The van der Waals surface area contributed by atoms with Gasteiger partial charge in [-0.1, -0.05) is 42.0 Å². The Hall–Kier alpha value is -2.69. The molecular formula is C17H16FNO3. The summed E-state index contributed by atoms with van der Waals surface area (Å²) in [5, 5.41) is 2.33. The number of benzene rings is 2. The van der Waals surface area contributed by atoms with Crippen molar-refractivity contribution in [1.29, 1.82) is 0 Å². The summed E-state index contributed by atoms with van der Waals surface area (Å²) in [6, 6.07) is 13.1. The second kappa shape index (κ2) is 7.36. The zero-order chi connectivity index (χ0) is 15.9. The molecule has 0 aromatic heterocycles. The summed E-state index contributed by atoms with van der Waals surface area (Å²) < 4.78 is 18.4. The van der Waals surface area contributed by atoms with Gasteiger partial charge in [-0.3, -0.25) is 9.59 Å². The highest BCUT2D eigenvalue weighted by Gasteiger charge is 2.12. The number of carbonyl (C=O) groups is 2. The molecule has 0 saturated carbocycles. The van der Waals surface area contributed by atoms with E-state index in [1.54, 1.807) is 6.07 Å². The van der Waals surface area contributed by atoms with E-state index in [1.165, 1.54) is 18.2 Å². The molecule has 0 unspecified atom stereocenters. The van der Waals surface area contributed by atoms with E-state index in [0.29, 0.717) is 0 Å². The highest BCUT2D eigenvalue weighted by molar-refractivity contribution is 5.96. The van der Waals surface area contributed by atoms with Crippen LogP contribution >= 0.6 is 0 Å². The average molecular weight is 301 g/mol. The Morgan fingerprint density at radius 1 is 1.14 bits per heavy atom. The number of ether oxygens (including phenoxy) is 1. The Kier molecular flexibility index (Phi) is 5.25. The SMILES string of the molecule is Cc1cccc(COC(=O)CNC(=O)c2ccccc2F)c1. The molecule has 0 fully saturated rings. The molecule has 2 aromatic carbocycles. The molecule has 0 saturated heterocycles. The fourth-order valence-corrected chi connectivity index (χ4v) is 1.91. The Bertz CT molecular complexity index is 685. The van der Waals surface area contributed by atoms with E-state index in [4.69, 9.17) is 4.74 Å². The monoisotopic (exact) mass is 301 g/mol. The van der Waals surface area contributed by atoms with E-state index in [2.05, 4.69) is 5.32 Å². The maximum atomic E-state index is 13.4. The molecule has 5 heteroatoms. The van der Waals surface area contributed by atoms with Crippen LogP contribution in [0.5, 0.6) is 0 Å². The third kappa shape index (κ3) is 4.41. The largest absolute Gasteiger partial charge is 0.460 e. The van der Waals surface area contributed by atoms with Gasteiger partial charge < -0.3 is 10.1 Å². The Morgan fingerprint density at radius 3 is 2.64 bits per heavy atom. The predicted octanol–water partition coefficient (Wildman–Crippen LogP) is 2.61. The molecule has 2 aromatic rings. The topological polar surface area (TPSA) is 55.4 Å². The highest BCUT2D eigenvalue weighted by Crippen LogP contribution is 2.06. The van der Waals surface area contributed by atoms with Crippen molar-refractivity contribution in [3.05, 3.63) is 71.0 Å². The van der Waals surface area contributed by atoms with Crippen LogP contribution < -0.4 is 5.32 Å². The quantitative estimate of drug-likeness (QED) is 0.864. The first-order valence-electron chi connectivity index (χ1n) is 6.80. The number of hydrogen-bond acceptors (Lipinski definition) is 3. The molecular weight excluding hydrogens is 285 g/mol. The summed E-state index contributed by atoms with van der Waals surface area (Å²) in [6.07, 6.45) is 0. The van der Waals surface area contributed by atoms with Crippen molar-refractivity contribution < 1.29 is 18.7 Å². The number of carbonyl (C=O) groups excluding carboxylic acids is 2. The molecule has 0 aliphatic rings. The molecule has 0 aliphatic carbocycles. The maximum absolute atomic E-state index is 13.4. The van der Waals surface area contributed by atoms with Gasteiger partial charge in [-0.2, -0.15) is 0 Å². The molecule has 0 heterocycles. The fraction of sp³-hybridized carbons (Fsp3) is 0.176. The highest BCUT2D eigenvalue weighted by atomic mass is 19.1. The summed E-state index contributed by atoms with van der Waals surface area (Å²) in [5.41, 5.74) is 1.84. The van der Waals surface area contributed by atoms with Crippen LogP contribution in [0, 0.1) is 12.7 Å².